The van der Waals surface area contributed by atoms with Crippen LogP contribution >= 0.6 is 0 Å². The second-order valence-electron chi connectivity index (χ2n) is 3.70. The molecule has 0 spiro atoms. The number of hydrogen-bond acceptors (Lipinski definition) is 3. The third kappa shape index (κ3) is 3.30. The summed E-state index contributed by atoms with van der Waals surface area (Å²) >= 11 is 0. The summed E-state index contributed by atoms with van der Waals surface area (Å²) < 4.78 is 36.0. The SMILES string of the molecule is FC(F)(F)CNCc1n[nH]nc1-c1ccccc1. The quantitative estimate of drug-likeness (QED) is 0.881. The Morgan fingerprint density at radius 2 is 1.83 bits per heavy atom. The first-order chi connectivity index (χ1) is 8.56. The molecule has 1 aromatic carbocycles. The number of H-pyrrole nitrogens is 1. The van der Waals surface area contributed by atoms with Crippen molar-refractivity contribution in [2.24, 2.45) is 0 Å². The lowest BCUT2D eigenvalue weighted by Crippen LogP contribution is -2.28. The summed E-state index contributed by atoms with van der Waals surface area (Å²) in [5.74, 6) is 0. The van der Waals surface area contributed by atoms with E-state index in [4.69, 9.17) is 0 Å². The summed E-state index contributed by atoms with van der Waals surface area (Å²) in [6, 6.07) is 9.16. The van der Waals surface area contributed by atoms with Crippen LogP contribution in [0.4, 0.5) is 13.2 Å². The Balaban J connectivity index is 2.05. The number of nitrogens with zero attached hydrogens (tertiary/aromatic N) is 2. The molecule has 1 aromatic heterocycles. The van der Waals surface area contributed by atoms with Crippen LogP contribution in [0.25, 0.3) is 11.3 Å². The zero-order valence-electron chi connectivity index (χ0n) is 9.33. The van der Waals surface area contributed by atoms with Gasteiger partial charge >= 0.3 is 6.18 Å². The molecule has 2 N–H and O–H groups in total. The van der Waals surface area contributed by atoms with Crippen LogP contribution in [-0.2, 0) is 6.54 Å². The molecule has 0 bridgehead atoms. The van der Waals surface area contributed by atoms with E-state index in [2.05, 4.69) is 20.7 Å². The van der Waals surface area contributed by atoms with Crippen LogP contribution in [0.1, 0.15) is 5.69 Å². The van der Waals surface area contributed by atoms with E-state index in [9.17, 15) is 13.2 Å². The molecule has 1 heterocycles. The van der Waals surface area contributed by atoms with Crippen LogP contribution in [0.15, 0.2) is 30.3 Å². The number of hydrogen-bond donors (Lipinski definition) is 2. The van der Waals surface area contributed by atoms with Crippen molar-refractivity contribution < 1.29 is 13.2 Å². The summed E-state index contributed by atoms with van der Waals surface area (Å²) in [6.07, 6.45) is -4.23. The monoisotopic (exact) mass is 256 g/mol. The van der Waals surface area contributed by atoms with Crippen molar-refractivity contribution in [3.8, 4) is 11.3 Å². The van der Waals surface area contributed by atoms with Crippen LogP contribution in [0, 0.1) is 0 Å². The number of nitrogens with one attached hydrogen (secondary N) is 2. The topological polar surface area (TPSA) is 53.6 Å². The molecular weight excluding hydrogens is 245 g/mol. The number of rotatable bonds is 4. The van der Waals surface area contributed by atoms with E-state index in [1.807, 2.05) is 30.3 Å². The molecule has 0 fully saturated rings. The average molecular weight is 256 g/mol. The van der Waals surface area contributed by atoms with Gasteiger partial charge in [0, 0.05) is 12.1 Å². The maximum atomic E-state index is 12.0. The zero-order chi connectivity index (χ0) is 13.0. The fraction of sp³-hybridized carbons (Fsp3) is 0.273. The van der Waals surface area contributed by atoms with Crippen LogP contribution in [-0.4, -0.2) is 28.1 Å². The van der Waals surface area contributed by atoms with Crippen LogP contribution in [0.3, 0.4) is 0 Å². The Morgan fingerprint density at radius 3 is 2.50 bits per heavy atom. The Bertz CT molecular complexity index is 492. The molecule has 0 amide bonds. The molecular formula is C11H11F3N4. The van der Waals surface area contributed by atoms with Gasteiger partial charge in [-0.2, -0.15) is 28.6 Å². The minimum absolute atomic E-state index is 0.0141. The highest BCUT2D eigenvalue weighted by molar-refractivity contribution is 5.60. The van der Waals surface area contributed by atoms with Gasteiger partial charge in [0.2, 0.25) is 0 Å². The van der Waals surface area contributed by atoms with E-state index < -0.39 is 12.7 Å². The molecule has 0 aliphatic heterocycles. The van der Waals surface area contributed by atoms with Gasteiger partial charge in [-0.3, -0.25) is 0 Å². The van der Waals surface area contributed by atoms with E-state index in [1.54, 1.807) is 0 Å². The molecule has 96 valence electrons. The van der Waals surface area contributed by atoms with Gasteiger partial charge in [0.25, 0.3) is 0 Å². The molecule has 7 heteroatoms. The molecule has 2 rings (SSSR count). The Morgan fingerprint density at radius 1 is 1.11 bits per heavy atom. The standard InChI is InChI=1S/C11H11F3N4/c12-11(13,14)7-15-6-9-10(17-18-16-9)8-4-2-1-3-5-8/h1-5,15H,6-7H2,(H,16,17,18). The highest BCUT2D eigenvalue weighted by atomic mass is 19.4. The summed E-state index contributed by atoms with van der Waals surface area (Å²) in [7, 11) is 0. The summed E-state index contributed by atoms with van der Waals surface area (Å²) in [5, 5.41) is 12.5. The van der Waals surface area contributed by atoms with Crippen molar-refractivity contribution in [2.75, 3.05) is 6.54 Å². The molecule has 0 saturated carbocycles. The zero-order valence-corrected chi connectivity index (χ0v) is 9.33. The van der Waals surface area contributed by atoms with Gasteiger partial charge < -0.3 is 5.32 Å². The Kier molecular flexibility index (Phi) is 3.61. The van der Waals surface area contributed by atoms with Crippen molar-refractivity contribution in [3.63, 3.8) is 0 Å². The van der Waals surface area contributed by atoms with E-state index in [0.717, 1.165) is 5.56 Å². The lowest BCUT2D eigenvalue weighted by molar-refractivity contribution is -0.125. The van der Waals surface area contributed by atoms with Gasteiger partial charge in [-0.25, -0.2) is 0 Å². The predicted molar refractivity (Wildman–Crippen MR) is 59.6 cm³/mol. The van der Waals surface area contributed by atoms with Crippen molar-refractivity contribution in [1.29, 1.82) is 0 Å². The first-order valence-electron chi connectivity index (χ1n) is 5.29. The molecule has 18 heavy (non-hydrogen) atoms. The highest BCUT2D eigenvalue weighted by Crippen LogP contribution is 2.19. The number of aromatic amines is 1. The highest BCUT2D eigenvalue weighted by Gasteiger charge is 2.26. The Hall–Kier alpha value is -1.89. The van der Waals surface area contributed by atoms with E-state index in [0.29, 0.717) is 11.4 Å². The van der Waals surface area contributed by atoms with Crippen LogP contribution in [0.5, 0.6) is 0 Å². The van der Waals surface area contributed by atoms with Gasteiger partial charge in [-0.05, 0) is 0 Å². The largest absolute Gasteiger partial charge is 0.401 e. The number of alkyl halides is 3. The van der Waals surface area contributed by atoms with Crippen molar-refractivity contribution in [2.45, 2.75) is 12.7 Å². The van der Waals surface area contributed by atoms with Crippen molar-refractivity contribution in [1.82, 2.24) is 20.7 Å². The second kappa shape index (κ2) is 5.18. The Labute approximate surface area is 101 Å². The van der Waals surface area contributed by atoms with E-state index >= 15 is 0 Å². The van der Waals surface area contributed by atoms with Gasteiger partial charge in [0.1, 0.15) is 11.4 Å². The fourth-order valence-corrected chi connectivity index (χ4v) is 1.53. The summed E-state index contributed by atoms with van der Waals surface area (Å²) in [6.45, 7) is -1.03. The molecule has 0 atom stereocenters. The van der Waals surface area contributed by atoms with E-state index in [-0.39, 0.29) is 6.54 Å². The minimum Gasteiger partial charge on any atom is -0.303 e. The average Bonchev–Trinajstić information content (AvgIpc) is 2.77. The summed E-state index contributed by atoms with van der Waals surface area (Å²) in [5.41, 5.74) is 1.84. The smallest absolute Gasteiger partial charge is 0.303 e. The van der Waals surface area contributed by atoms with Gasteiger partial charge in [0.15, 0.2) is 0 Å². The second-order valence-corrected chi connectivity index (χ2v) is 3.70. The van der Waals surface area contributed by atoms with Gasteiger partial charge in [-0.15, -0.1) is 0 Å². The molecule has 0 aliphatic rings. The van der Waals surface area contributed by atoms with Gasteiger partial charge in [-0.1, -0.05) is 30.3 Å². The fourth-order valence-electron chi connectivity index (χ4n) is 1.53. The molecule has 2 aromatic rings. The predicted octanol–water partition coefficient (Wildman–Crippen LogP) is 2.12. The maximum Gasteiger partial charge on any atom is 0.401 e. The number of aromatic nitrogens is 3. The minimum atomic E-state index is -4.23. The lowest BCUT2D eigenvalue weighted by atomic mass is 10.1. The van der Waals surface area contributed by atoms with Crippen molar-refractivity contribution >= 4 is 0 Å². The molecule has 0 saturated heterocycles. The summed E-state index contributed by atoms with van der Waals surface area (Å²) in [4.78, 5) is 0. The third-order valence-corrected chi connectivity index (χ3v) is 2.29. The first kappa shape index (κ1) is 12.6. The molecule has 0 aliphatic carbocycles. The first-order valence-corrected chi connectivity index (χ1v) is 5.29. The molecule has 0 unspecified atom stereocenters. The van der Waals surface area contributed by atoms with E-state index in [1.165, 1.54) is 0 Å². The van der Waals surface area contributed by atoms with Crippen molar-refractivity contribution in [3.05, 3.63) is 36.0 Å². The van der Waals surface area contributed by atoms with Crippen LogP contribution < -0.4 is 5.32 Å². The lowest BCUT2D eigenvalue weighted by Gasteiger charge is -2.07. The third-order valence-electron chi connectivity index (χ3n) is 2.29. The molecule has 4 nitrogen and oxygen atoms in total. The number of benzene rings is 1. The van der Waals surface area contributed by atoms with Gasteiger partial charge in [0.05, 0.1) is 6.54 Å². The maximum absolute atomic E-state index is 12.0. The molecule has 0 radical (unpaired) electrons. The number of halogens is 3. The normalized spacial score (nSPS) is 11.7. The van der Waals surface area contributed by atoms with Crippen LogP contribution in [0.2, 0.25) is 0 Å².